The van der Waals surface area contributed by atoms with Crippen molar-refractivity contribution in [2.75, 3.05) is 6.54 Å². The summed E-state index contributed by atoms with van der Waals surface area (Å²) in [5.41, 5.74) is 1.10. The second kappa shape index (κ2) is 11.0. The molecule has 0 unspecified atom stereocenters. The fourth-order valence-corrected chi connectivity index (χ4v) is 3.80. The summed E-state index contributed by atoms with van der Waals surface area (Å²) in [6, 6.07) is 17.2. The van der Waals surface area contributed by atoms with Gasteiger partial charge in [-0.3, -0.25) is 4.79 Å². The molecule has 7 nitrogen and oxygen atoms in total. The van der Waals surface area contributed by atoms with Gasteiger partial charge in [0.25, 0.3) is 0 Å². The highest BCUT2D eigenvalue weighted by Crippen LogP contribution is 2.23. The van der Waals surface area contributed by atoms with Crippen molar-refractivity contribution in [3.05, 3.63) is 71.8 Å². The highest BCUT2D eigenvalue weighted by molar-refractivity contribution is 5.90. The van der Waals surface area contributed by atoms with Gasteiger partial charge in [-0.05, 0) is 44.7 Å². The molecule has 176 valence electrons. The number of carbonyl (C=O) groups excluding carboxylic acids is 3. The Labute approximate surface area is 195 Å². The Bertz CT molecular complexity index is 940. The summed E-state index contributed by atoms with van der Waals surface area (Å²) >= 11 is 0. The Morgan fingerprint density at radius 1 is 1.00 bits per heavy atom. The molecule has 1 aliphatic rings. The second-order valence-electron chi connectivity index (χ2n) is 9.17. The molecule has 0 aromatic heterocycles. The third kappa shape index (κ3) is 7.34. The van der Waals surface area contributed by atoms with Crippen LogP contribution in [0.2, 0.25) is 0 Å². The molecule has 1 aliphatic heterocycles. The van der Waals surface area contributed by atoms with Gasteiger partial charge in [0.15, 0.2) is 0 Å². The third-order valence-electron chi connectivity index (χ3n) is 5.30. The summed E-state index contributed by atoms with van der Waals surface area (Å²) in [5, 5.41) is 2.72. The van der Waals surface area contributed by atoms with E-state index in [0.717, 1.165) is 11.1 Å². The minimum Gasteiger partial charge on any atom is -0.458 e. The number of nitrogens with zero attached hydrogens (tertiary/aromatic N) is 1. The van der Waals surface area contributed by atoms with Crippen LogP contribution in [0.1, 0.15) is 44.7 Å². The van der Waals surface area contributed by atoms with Crippen LogP contribution in [0.4, 0.5) is 4.79 Å². The first-order chi connectivity index (χ1) is 15.7. The number of rotatable bonds is 7. The molecule has 0 spiro atoms. The first kappa shape index (κ1) is 24.3. The highest BCUT2D eigenvalue weighted by Gasteiger charge is 2.39. The lowest BCUT2D eigenvalue weighted by Crippen LogP contribution is -2.53. The van der Waals surface area contributed by atoms with E-state index >= 15 is 0 Å². The quantitative estimate of drug-likeness (QED) is 0.645. The van der Waals surface area contributed by atoms with E-state index in [4.69, 9.17) is 9.47 Å². The zero-order chi connectivity index (χ0) is 23.8. The number of carbonyl (C=O) groups is 3. The van der Waals surface area contributed by atoms with Gasteiger partial charge < -0.3 is 19.7 Å². The zero-order valence-corrected chi connectivity index (χ0v) is 19.5. The molecule has 1 heterocycles. The van der Waals surface area contributed by atoms with E-state index in [1.54, 1.807) is 20.8 Å². The third-order valence-corrected chi connectivity index (χ3v) is 5.30. The van der Waals surface area contributed by atoms with E-state index < -0.39 is 29.7 Å². The van der Waals surface area contributed by atoms with Crippen molar-refractivity contribution >= 4 is 18.0 Å². The first-order valence-electron chi connectivity index (χ1n) is 11.3. The van der Waals surface area contributed by atoms with Crippen LogP contribution < -0.4 is 5.32 Å². The van der Waals surface area contributed by atoms with Crippen molar-refractivity contribution in [2.24, 2.45) is 0 Å². The number of alkyl carbamates (subject to hydrolysis) is 1. The Morgan fingerprint density at radius 2 is 1.61 bits per heavy atom. The number of hydrogen-bond donors (Lipinski definition) is 1. The number of amides is 2. The molecule has 2 aromatic rings. The molecule has 2 amide bonds. The number of likely N-dealkylation sites (tertiary alicyclic amines) is 1. The predicted molar refractivity (Wildman–Crippen MR) is 124 cm³/mol. The molecule has 33 heavy (non-hydrogen) atoms. The van der Waals surface area contributed by atoms with E-state index in [1.807, 2.05) is 60.7 Å². The van der Waals surface area contributed by atoms with Gasteiger partial charge >= 0.3 is 12.1 Å². The summed E-state index contributed by atoms with van der Waals surface area (Å²) in [4.78, 5) is 40.3. The van der Waals surface area contributed by atoms with Crippen LogP contribution in [0, 0.1) is 0 Å². The fourth-order valence-electron chi connectivity index (χ4n) is 3.80. The summed E-state index contributed by atoms with van der Waals surface area (Å²) in [7, 11) is 0. The van der Waals surface area contributed by atoms with Gasteiger partial charge in [-0.15, -0.1) is 0 Å². The topological polar surface area (TPSA) is 84.9 Å². The van der Waals surface area contributed by atoms with Crippen molar-refractivity contribution < 1.29 is 23.9 Å². The summed E-state index contributed by atoms with van der Waals surface area (Å²) in [6.45, 7) is 5.94. The molecular formula is C26H32N2O5. The van der Waals surface area contributed by atoms with Crippen molar-refractivity contribution in [3.8, 4) is 0 Å². The van der Waals surface area contributed by atoms with Crippen LogP contribution in [-0.4, -0.2) is 47.1 Å². The van der Waals surface area contributed by atoms with Crippen molar-refractivity contribution in [2.45, 2.75) is 64.3 Å². The van der Waals surface area contributed by atoms with E-state index in [1.165, 1.54) is 4.90 Å². The molecule has 7 heteroatoms. The van der Waals surface area contributed by atoms with Gasteiger partial charge in [0.2, 0.25) is 5.91 Å². The average Bonchev–Trinajstić information content (AvgIpc) is 3.27. The maximum absolute atomic E-state index is 13.5. The van der Waals surface area contributed by atoms with Crippen molar-refractivity contribution in [3.63, 3.8) is 0 Å². The standard InChI is InChI=1S/C26H32N2O5/c1-26(2,3)33-24(30)22-15-10-16-28(22)23(29)21(17-19-11-6-4-7-12-19)27-25(31)32-18-20-13-8-5-9-14-20/h4-9,11-14,21-22H,10,15-18H2,1-3H3,(H,27,31)/t21-,22-/m0/s1. The monoisotopic (exact) mass is 452 g/mol. The number of hydrogen-bond acceptors (Lipinski definition) is 5. The van der Waals surface area contributed by atoms with E-state index in [-0.39, 0.29) is 18.9 Å². The van der Waals surface area contributed by atoms with Gasteiger partial charge in [-0.25, -0.2) is 9.59 Å². The lowest BCUT2D eigenvalue weighted by Gasteiger charge is -2.30. The van der Waals surface area contributed by atoms with Crippen molar-refractivity contribution in [1.82, 2.24) is 10.2 Å². The summed E-state index contributed by atoms with van der Waals surface area (Å²) in [6.07, 6.45) is 0.849. The van der Waals surface area contributed by atoms with E-state index in [9.17, 15) is 14.4 Å². The predicted octanol–water partition coefficient (Wildman–Crippen LogP) is 3.86. The Hall–Kier alpha value is -3.35. The van der Waals surface area contributed by atoms with Gasteiger partial charge in [0, 0.05) is 13.0 Å². The van der Waals surface area contributed by atoms with E-state index in [0.29, 0.717) is 19.4 Å². The smallest absolute Gasteiger partial charge is 0.408 e. The number of esters is 1. The maximum atomic E-state index is 13.5. The maximum Gasteiger partial charge on any atom is 0.408 e. The highest BCUT2D eigenvalue weighted by atomic mass is 16.6. The molecule has 1 saturated heterocycles. The molecular weight excluding hydrogens is 420 g/mol. The largest absolute Gasteiger partial charge is 0.458 e. The molecule has 0 saturated carbocycles. The van der Waals surface area contributed by atoms with Crippen LogP contribution in [0.15, 0.2) is 60.7 Å². The minimum absolute atomic E-state index is 0.100. The Morgan fingerprint density at radius 3 is 2.21 bits per heavy atom. The minimum atomic E-state index is -0.862. The van der Waals surface area contributed by atoms with Crippen LogP contribution >= 0.6 is 0 Å². The Kier molecular flexibility index (Phi) is 8.09. The molecule has 1 N–H and O–H groups in total. The Balaban J connectivity index is 1.71. The molecule has 1 fully saturated rings. The van der Waals surface area contributed by atoms with Gasteiger partial charge in [0.1, 0.15) is 24.3 Å². The normalized spacial score (nSPS) is 16.7. The molecule has 2 atom stereocenters. The summed E-state index contributed by atoms with van der Waals surface area (Å²) < 4.78 is 10.9. The molecule has 2 aromatic carbocycles. The molecule has 3 rings (SSSR count). The SMILES string of the molecule is CC(C)(C)OC(=O)[C@@H]1CCCN1C(=O)[C@H](Cc1ccccc1)NC(=O)OCc1ccccc1. The van der Waals surface area contributed by atoms with Gasteiger partial charge in [-0.1, -0.05) is 60.7 Å². The van der Waals surface area contributed by atoms with Gasteiger partial charge in [-0.2, -0.15) is 0 Å². The second-order valence-corrected chi connectivity index (χ2v) is 9.17. The van der Waals surface area contributed by atoms with Crippen LogP contribution in [0.25, 0.3) is 0 Å². The molecule has 0 radical (unpaired) electrons. The molecule has 0 bridgehead atoms. The lowest BCUT2D eigenvalue weighted by molar-refractivity contribution is -0.163. The summed E-state index contributed by atoms with van der Waals surface area (Å²) in [5.74, 6) is -0.734. The molecule has 0 aliphatic carbocycles. The average molecular weight is 453 g/mol. The fraction of sp³-hybridized carbons (Fsp3) is 0.423. The van der Waals surface area contributed by atoms with Crippen LogP contribution in [-0.2, 0) is 32.1 Å². The number of benzene rings is 2. The first-order valence-corrected chi connectivity index (χ1v) is 11.3. The zero-order valence-electron chi connectivity index (χ0n) is 19.5. The number of ether oxygens (including phenoxy) is 2. The van der Waals surface area contributed by atoms with Crippen LogP contribution in [0.3, 0.4) is 0 Å². The van der Waals surface area contributed by atoms with Crippen molar-refractivity contribution in [1.29, 1.82) is 0 Å². The number of nitrogens with one attached hydrogen (secondary N) is 1. The lowest BCUT2D eigenvalue weighted by atomic mass is 10.0. The van der Waals surface area contributed by atoms with Gasteiger partial charge in [0.05, 0.1) is 0 Å². The van der Waals surface area contributed by atoms with Crippen LogP contribution in [0.5, 0.6) is 0 Å². The van der Waals surface area contributed by atoms with E-state index in [2.05, 4.69) is 5.32 Å².